The highest BCUT2D eigenvalue weighted by molar-refractivity contribution is 5.02. The van der Waals surface area contributed by atoms with Gasteiger partial charge in [0.25, 0.3) is 0 Å². The van der Waals surface area contributed by atoms with Crippen LogP contribution in [0.25, 0.3) is 0 Å². The van der Waals surface area contributed by atoms with Crippen molar-refractivity contribution in [1.29, 1.82) is 0 Å². The first-order valence-electron chi connectivity index (χ1n) is 3.58. The van der Waals surface area contributed by atoms with Gasteiger partial charge in [0, 0.05) is 20.1 Å². The summed E-state index contributed by atoms with van der Waals surface area (Å²) in [6.45, 7) is 1.84. The van der Waals surface area contributed by atoms with E-state index in [1.807, 2.05) is 7.05 Å². The van der Waals surface area contributed by atoms with Crippen molar-refractivity contribution >= 4 is 0 Å². The molecule has 0 radical (unpaired) electrons. The standard InChI is InChI=1S/C6H10N4O/c1-10-6(4-8-9-10)11-5-2-7-3-5/h4-5,7H,2-3H2,1H3. The molecule has 0 unspecified atom stereocenters. The van der Waals surface area contributed by atoms with Crippen LogP contribution < -0.4 is 10.1 Å². The molecule has 0 spiro atoms. The van der Waals surface area contributed by atoms with E-state index < -0.39 is 0 Å². The zero-order valence-corrected chi connectivity index (χ0v) is 6.32. The van der Waals surface area contributed by atoms with Gasteiger partial charge in [-0.3, -0.25) is 0 Å². The van der Waals surface area contributed by atoms with Crippen molar-refractivity contribution in [1.82, 2.24) is 20.3 Å². The SMILES string of the molecule is Cn1nncc1OC1CNC1. The van der Waals surface area contributed by atoms with Crippen molar-refractivity contribution in [2.45, 2.75) is 6.10 Å². The molecular weight excluding hydrogens is 144 g/mol. The highest BCUT2D eigenvalue weighted by atomic mass is 16.5. The van der Waals surface area contributed by atoms with Crippen LogP contribution >= 0.6 is 0 Å². The summed E-state index contributed by atoms with van der Waals surface area (Å²) in [6.07, 6.45) is 1.92. The van der Waals surface area contributed by atoms with E-state index in [0.29, 0.717) is 6.10 Å². The van der Waals surface area contributed by atoms with Gasteiger partial charge in [-0.05, 0) is 0 Å². The molecule has 1 saturated heterocycles. The maximum Gasteiger partial charge on any atom is 0.232 e. The van der Waals surface area contributed by atoms with E-state index in [2.05, 4.69) is 15.6 Å². The molecule has 1 aliphatic rings. The molecule has 2 rings (SSSR count). The summed E-state index contributed by atoms with van der Waals surface area (Å²) in [4.78, 5) is 0. The predicted molar refractivity (Wildman–Crippen MR) is 38.3 cm³/mol. The zero-order chi connectivity index (χ0) is 7.68. The number of ether oxygens (including phenoxy) is 1. The molecule has 0 aromatic carbocycles. The molecule has 0 aliphatic carbocycles. The number of nitrogens with one attached hydrogen (secondary N) is 1. The van der Waals surface area contributed by atoms with Crippen molar-refractivity contribution < 1.29 is 4.74 Å². The number of aryl methyl sites for hydroxylation is 1. The van der Waals surface area contributed by atoms with E-state index in [0.717, 1.165) is 19.0 Å². The maximum atomic E-state index is 5.50. The lowest BCUT2D eigenvalue weighted by Gasteiger charge is -2.27. The minimum atomic E-state index is 0.298. The summed E-state index contributed by atoms with van der Waals surface area (Å²) in [6, 6.07) is 0. The monoisotopic (exact) mass is 154 g/mol. The van der Waals surface area contributed by atoms with Gasteiger partial charge in [0.1, 0.15) is 12.3 Å². The van der Waals surface area contributed by atoms with E-state index in [9.17, 15) is 0 Å². The molecule has 1 N–H and O–H groups in total. The Morgan fingerprint density at radius 2 is 2.55 bits per heavy atom. The molecule has 0 atom stereocenters. The van der Waals surface area contributed by atoms with Crippen LogP contribution in [0.2, 0.25) is 0 Å². The van der Waals surface area contributed by atoms with Gasteiger partial charge < -0.3 is 10.1 Å². The number of nitrogens with zero attached hydrogens (tertiary/aromatic N) is 3. The van der Waals surface area contributed by atoms with Gasteiger partial charge in [0.15, 0.2) is 0 Å². The van der Waals surface area contributed by atoms with Crippen LogP contribution in [-0.2, 0) is 7.05 Å². The number of hydrogen-bond acceptors (Lipinski definition) is 4. The van der Waals surface area contributed by atoms with Crippen molar-refractivity contribution in [2.75, 3.05) is 13.1 Å². The number of rotatable bonds is 2. The summed E-state index contributed by atoms with van der Waals surface area (Å²) < 4.78 is 7.12. The topological polar surface area (TPSA) is 52.0 Å². The lowest BCUT2D eigenvalue weighted by atomic mass is 10.2. The van der Waals surface area contributed by atoms with Gasteiger partial charge >= 0.3 is 0 Å². The first-order valence-corrected chi connectivity index (χ1v) is 3.58. The molecule has 60 valence electrons. The molecule has 1 aromatic heterocycles. The molecule has 5 heteroatoms. The smallest absolute Gasteiger partial charge is 0.232 e. The normalized spacial score (nSPS) is 17.9. The van der Waals surface area contributed by atoms with E-state index in [4.69, 9.17) is 4.74 Å². The predicted octanol–water partition coefficient (Wildman–Crippen LogP) is -0.834. The Morgan fingerprint density at radius 3 is 3.00 bits per heavy atom. The number of aromatic nitrogens is 3. The van der Waals surface area contributed by atoms with Gasteiger partial charge in [0.05, 0.1) is 0 Å². The zero-order valence-electron chi connectivity index (χ0n) is 6.32. The Hall–Kier alpha value is -1.10. The first-order chi connectivity index (χ1) is 5.36. The summed E-state index contributed by atoms with van der Waals surface area (Å²) in [5.41, 5.74) is 0. The second-order valence-corrected chi connectivity index (χ2v) is 2.59. The summed E-state index contributed by atoms with van der Waals surface area (Å²) in [7, 11) is 1.81. The lowest BCUT2D eigenvalue weighted by Crippen LogP contribution is -2.50. The molecule has 1 aromatic rings. The lowest BCUT2D eigenvalue weighted by molar-refractivity contribution is 0.130. The molecule has 0 bridgehead atoms. The molecule has 0 saturated carbocycles. The average Bonchev–Trinajstić information content (AvgIpc) is 2.27. The molecule has 2 heterocycles. The Kier molecular flexibility index (Phi) is 1.50. The molecule has 0 amide bonds. The third kappa shape index (κ3) is 1.19. The minimum Gasteiger partial charge on any atom is -0.471 e. The minimum absolute atomic E-state index is 0.298. The fourth-order valence-corrected chi connectivity index (χ4v) is 0.903. The third-order valence-corrected chi connectivity index (χ3v) is 1.70. The molecule has 11 heavy (non-hydrogen) atoms. The van der Waals surface area contributed by atoms with Crippen LogP contribution in [0.1, 0.15) is 0 Å². The Morgan fingerprint density at radius 1 is 1.73 bits per heavy atom. The van der Waals surface area contributed by atoms with Crippen LogP contribution in [0.5, 0.6) is 5.88 Å². The van der Waals surface area contributed by atoms with E-state index in [1.54, 1.807) is 10.9 Å². The van der Waals surface area contributed by atoms with Crippen LogP contribution in [-0.4, -0.2) is 34.2 Å². The van der Waals surface area contributed by atoms with Crippen LogP contribution in [0.4, 0.5) is 0 Å². The Labute approximate surface area is 64.3 Å². The summed E-state index contributed by atoms with van der Waals surface area (Å²) in [5, 5.41) is 10.6. The van der Waals surface area contributed by atoms with Gasteiger partial charge in [0.2, 0.25) is 5.88 Å². The quantitative estimate of drug-likeness (QED) is 0.604. The van der Waals surface area contributed by atoms with Gasteiger partial charge in [-0.2, -0.15) is 0 Å². The molecule has 1 fully saturated rings. The average molecular weight is 154 g/mol. The van der Waals surface area contributed by atoms with Crippen molar-refractivity contribution in [2.24, 2.45) is 7.05 Å². The summed E-state index contributed by atoms with van der Waals surface area (Å²) in [5.74, 6) is 0.733. The van der Waals surface area contributed by atoms with Crippen LogP contribution in [0.3, 0.4) is 0 Å². The van der Waals surface area contributed by atoms with Crippen molar-refractivity contribution in [3.05, 3.63) is 6.20 Å². The van der Waals surface area contributed by atoms with Gasteiger partial charge in [-0.15, -0.1) is 5.10 Å². The van der Waals surface area contributed by atoms with Gasteiger partial charge in [-0.1, -0.05) is 5.21 Å². The largest absolute Gasteiger partial charge is 0.471 e. The van der Waals surface area contributed by atoms with Gasteiger partial charge in [-0.25, -0.2) is 4.68 Å². The van der Waals surface area contributed by atoms with Crippen LogP contribution in [0.15, 0.2) is 6.20 Å². The number of hydrogen-bond donors (Lipinski definition) is 1. The molecule has 1 aliphatic heterocycles. The summed E-state index contributed by atoms with van der Waals surface area (Å²) >= 11 is 0. The Bertz CT molecular complexity index is 242. The highest BCUT2D eigenvalue weighted by Crippen LogP contribution is 2.09. The fraction of sp³-hybridized carbons (Fsp3) is 0.667. The highest BCUT2D eigenvalue weighted by Gasteiger charge is 2.19. The van der Waals surface area contributed by atoms with E-state index in [1.165, 1.54) is 0 Å². The van der Waals surface area contributed by atoms with Crippen LogP contribution in [0, 0.1) is 0 Å². The second-order valence-electron chi connectivity index (χ2n) is 2.59. The second kappa shape index (κ2) is 2.50. The molecular formula is C6H10N4O. The maximum absolute atomic E-state index is 5.50. The third-order valence-electron chi connectivity index (χ3n) is 1.70. The van der Waals surface area contributed by atoms with E-state index in [-0.39, 0.29) is 0 Å². The Balaban J connectivity index is 1.99. The van der Waals surface area contributed by atoms with Crippen molar-refractivity contribution in [3.63, 3.8) is 0 Å². The first kappa shape index (κ1) is 6.60. The fourth-order valence-electron chi connectivity index (χ4n) is 0.903. The van der Waals surface area contributed by atoms with E-state index >= 15 is 0 Å². The van der Waals surface area contributed by atoms with Crippen molar-refractivity contribution in [3.8, 4) is 5.88 Å². The molecule has 5 nitrogen and oxygen atoms in total.